The zero-order chi connectivity index (χ0) is 35.7. The predicted molar refractivity (Wildman–Crippen MR) is 192 cm³/mol. The second-order valence-electron chi connectivity index (χ2n) is 14.8. The zero-order valence-electron chi connectivity index (χ0n) is 29.8. The number of amides is 2. The van der Waals surface area contributed by atoms with Crippen molar-refractivity contribution in [2.45, 2.75) is 109 Å². The summed E-state index contributed by atoms with van der Waals surface area (Å²) in [6.07, 6.45) is 6.02. The normalized spacial score (nSPS) is 16.5. The molecule has 0 aromatic carbocycles. The highest BCUT2D eigenvalue weighted by Gasteiger charge is 2.37. The third-order valence-electron chi connectivity index (χ3n) is 8.17. The Morgan fingerprint density at radius 1 is 1.15 bits per heavy atom. The Balaban J connectivity index is 0.000000952. The average molecular weight is 677 g/mol. The summed E-state index contributed by atoms with van der Waals surface area (Å²) in [4.78, 5) is 39.2. The fourth-order valence-electron chi connectivity index (χ4n) is 5.20. The molecular formula is C36H50BFN6O3S. The monoisotopic (exact) mass is 676 g/mol. The fourth-order valence-corrected chi connectivity index (χ4v) is 5.80. The lowest BCUT2D eigenvalue weighted by molar-refractivity contribution is -0.120. The summed E-state index contributed by atoms with van der Waals surface area (Å²) >= 11 is 1.01. The lowest BCUT2D eigenvalue weighted by atomic mass is 9.91. The van der Waals surface area contributed by atoms with E-state index in [1.54, 1.807) is 25.4 Å². The van der Waals surface area contributed by atoms with Crippen LogP contribution in [0.4, 0.5) is 10.2 Å². The largest absolute Gasteiger partial charge is 0.379 e. The van der Waals surface area contributed by atoms with Gasteiger partial charge in [-0.1, -0.05) is 38.4 Å². The molecule has 2 atom stereocenters. The maximum atomic E-state index is 14.6. The van der Waals surface area contributed by atoms with Crippen molar-refractivity contribution in [2.75, 3.05) is 19.0 Å². The highest BCUT2D eigenvalue weighted by Crippen LogP contribution is 2.34. The molecule has 3 aromatic heterocycles. The fraction of sp³-hybridized carbons (Fsp3) is 0.528. The topological polar surface area (TPSA) is 109 Å². The van der Waals surface area contributed by atoms with Crippen LogP contribution in [0.1, 0.15) is 96.4 Å². The molecule has 258 valence electrons. The standard InChI is InChI=1S/C31H38BFN6O2S.C5H12O/c1-30(2,3)25-14-13-24(28(33)36-25)29(41)38-42-27-8-6-7-26(37-27)35-23(15-22-12-10-21(32)17-34-22)11-9-20-16-31(4,5)39(18-20)19-40;1-5(2,3)6-4/h6-8,10,12-14,17,19-20,23H,9,11,15-16,18H2,1-5H3,(H,35,37)(H,38,41);1-4H3. The van der Waals surface area contributed by atoms with Gasteiger partial charge >= 0.3 is 0 Å². The number of halogens is 1. The smallest absolute Gasteiger partial charge is 0.266 e. The van der Waals surface area contributed by atoms with Gasteiger partial charge in [0.1, 0.15) is 18.7 Å². The van der Waals surface area contributed by atoms with Gasteiger partial charge in [-0.3, -0.25) is 19.3 Å². The number of likely N-dealkylation sites (tertiary alicyclic amines) is 1. The van der Waals surface area contributed by atoms with Gasteiger partial charge in [0.2, 0.25) is 12.4 Å². The number of carbonyl (C=O) groups excluding carboxylic acids is 2. The van der Waals surface area contributed by atoms with Gasteiger partial charge in [0.15, 0.2) is 0 Å². The molecule has 2 N–H and O–H groups in total. The van der Waals surface area contributed by atoms with Crippen LogP contribution in [0, 0.1) is 11.9 Å². The molecule has 4 rings (SSSR count). The van der Waals surface area contributed by atoms with Crippen molar-refractivity contribution in [3.63, 3.8) is 0 Å². The second kappa shape index (κ2) is 16.7. The van der Waals surface area contributed by atoms with E-state index in [-0.39, 0.29) is 28.2 Å². The number of ether oxygens (including phenoxy) is 1. The van der Waals surface area contributed by atoms with Crippen molar-refractivity contribution in [3.8, 4) is 0 Å². The molecule has 1 aliphatic heterocycles. The van der Waals surface area contributed by atoms with Crippen molar-refractivity contribution in [3.05, 3.63) is 71.6 Å². The summed E-state index contributed by atoms with van der Waals surface area (Å²) in [6, 6.07) is 12.4. The van der Waals surface area contributed by atoms with Gasteiger partial charge in [-0.05, 0) is 90.1 Å². The van der Waals surface area contributed by atoms with Gasteiger partial charge in [0.25, 0.3) is 5.91 Å². The number of anilines is 1. The van der Waals surface area contributed by atoms with Crippen LogP contribution < -0.4 is 15.5 Å². The quantitative estimate of drug-likeness (QED) is 0.110. The number of aromatic nitrogens is 3. The van der Waals surface area contributed by atoms with E-state index in [0.29, 0.717) is 34.3 Å². The van der Waals surface area contributed by atoms with E-state index in [0.717, 1.165) is 49.9 Å². The summed E-state index contributed by atoms with van der Waals surface area (Å²) in [7, 11) is 7.54. The van der Waals surface area contributed by atoms with Crippen molar-refractivity contribution in [1.82, 2.24) is 24.6 Å². The molecule has 0 aliphatic carbocycles. The summed E-state index contributed by atoms with van der Waals surface area (Å²) in [5, 5.41) is 4.09. The molecule has 2 unspecified atom stereocenters. The number of hydrogen-bond donors (Lipinski definition) is 2. The van der Waals surface area contributed by atoms with Gasteiger partial charge in [0.05, 0.1) is 11.2 Å². The van der Waals surface area contributed by atoms with Crippen LogP contribution in [0.15, 0.2) is 53.7 Å². The minimum atomic E-state index is -0.801. The van der Waals surface area contributed by atoms with Crippen molar-refractivity contribution in [2.24, 2.45) is 5.92 Å². The van der Waals surface area contributed by atoms with E-state index in [1.165, 1.54) is 6.07 Å². The third-order valence-corrected chi connectivity index (χ3v) is 8.90. The van der Waals surface area contributed by atoms with Crippen molar-refractivity contribution in [1.29, 1.82) is 0 Å². The van der Waals surface area contributed by atoms with E-state index >= 15 is 0 Å². The molecule has 1 fully saturated rings. The van der Waals surface area contributed by atoms with Gasteiger partial charge in [-0.25, -0.2) is 9.97 Å². The number of nitrogens with one attached hydrogen (secondary N) is 2. The van der Waals surface area contributed by atoms with E-state index in [1.807, 2.05) is 70.7 Å². The van der Waals surface area contributed by atoms with Crippen molar-refractivity contribution < 1.29 is 18.7 Å². The first kappa shape index (κ1) is 38.9. The van der Waals surface area contributed by atoms with Crippen LogP contribution in [0.25, 0.3) is 0 Å². The maximum absolute atomic E-state index is 14.6. The first-order chi connectivity index (χ1) is 22.4. The number of pyridine rings is 3. The molecule has 9 nitrogen and oxygen atoms in total. The van der Waals surface area contributed by atoms with E-state index in [4.69, 9.17) is 12.6 Å². The van der Waals surface area contributed by atoms with Gasteiger partial charge in [0, 0.05) is 66.6 Å². The minimum absolute atomic E-state index is 0.0263. The average Bonchev–Trinajstić information content (AvgIpc) is 3.32. The summed E-state index contributed by atoms with van der Waals surface area (Å²) in [5.74, 6) is -0.323. The first-order valence-corrected chi connectivity index (χ1v) is 17.1. The highest BCUT2D eigenvalue weighted by molar-refractivity contribution is 7.97. The number of rotatable bonds is 11. The van der Waals surface area contributed by atoms with Crippen LogP contribution in [0.5, 0.6) is 0 Å². The second-order valence-corrected chi connectivity index (χ2v) is 15.7. The van der Waals surface area contributed by atoms with Crippen LogP contribution in [-0.2, 0) is 21.4 Å². The molecule has 12 heteroatoms. The highest BCUT2D eigenvalue weighted by atomic mass is 32.2. The molecule has 0 saturated carbocycles. The Labute approximate surface area is 291 Å². The van der Waals surface area contributed by atoms with Crippen LogP contribution in [-0.4, -0.2) is 70.9 Å². The van der Waals surface area contributed by atoms with Crippen molar-refractivity contribution >= 4 is 43.4 Å². The summed E-state index contributed by atoms with van der Waals surface area (Å²) in [6.45, 7) is 16.8. The van der Waals surface area contributed by atoms with Gasteiger partial charge in [-0.2, -0.15) is 4.39 Å². The molecular weight excluding hydrogens is 626 g/mol. The summed E-state index contributed by atoms with van der Waals surface area (Å²) < 4.78 is 22.2. The van der Waals surface area contributed by atoms with E-state index < -0.39 is 11.9 Å². The van der Waals surface area contributed by atoms with Gasteiger partial charge in [-0.15, -0.1) is 0 Å². The number of carbonyl (C=O) groups is 2. The minimum Gasteiger partial charge on any atom is -0.379 e. The molecule has 0 bridgehead atoms. The molecule has 1 saturated heterocycles. The Morgan fingerprint density at radius 2 is 1.85 bits per heavy atom. The molecule has 2 amide bonds. The molecule has 4 heterocycles. The first-order valence-electron chi connectivity index (χ1n) is 16.3. The third kappa shape index (κ3) is 12.2. The number of nitrogens with zero attached hydrogens (tertiary/aromatic N) is 4. The number of methoxy groups -OCH3 is 1. The zero-order valence-corrected chi connectivity index (χ0v) is 30.6. The predicted octanol–water partition coefficient (Wildman–Crippen LogP) is 6.03. The maximum Gasteiger partial charge on any atom is 0.266 e. The van der Waals surface area contributed by atoms with E-state index in [9.17, 15) is 14.0 Å². The molecule has 1 aliphatic rings. The lowest BCUT2D eigenvalue weighted by Gasteiger charge is -2.27. The van der Waals surface area contributed by atoms with Gasteiger partial charge < -0.3 is 15.0 Å². The Morgan fingerprint density at radius 3 is 2.42 bits per heavy atom. The Kier molecular flexibility index (Phi) is 13.6. The van der Waals surface area contributed by atoms with Crippen LogP contribution in [0.2, 0.25) is 0 Å². The molecule has 3 aromatic rings. The Hall–Kier alpha value is -3.51. The number of hydrogen-bond acceptors (Lipinski definition) is 8. The Bertz CT molecular complexity index is 1510. The molecule has 0 spiro atoms. The molecule has 48 heavy (non-hydrogen) atoms. The van der Waals surface area contributed by atoms with Crippen LogP contribution >= 0.6 is 11.9 Å². The molecule has 2 radical (unpaired) electrons. The van der Waals surface area contributed by atoms with E-state index in [2.05, 4.69) is 38.8 Å². The van der Waals surface area contributed by atoms with Crippen LogP contribution in [0.3, 0.4) is 0 Å². The SMILES string of the molecule is COC(C)(C)C.[B]c1ccc(CC(CCC2CN(C=O)C(C)(C)C2)Nc2cccc(SNC(=O)c3ccc(C(C)(C)C)nc3F)n2)nc1. The summed E-state index contributed by atoms with van der Waals surface area (Å²) in [5.41, 5.74) is 1.55. The lowest BCUT2D eigenvalue weighted by Crippen LogP contribution is -2.36.